The maximum atomic E-state index is 15.0. The van der Waals surface area contributed by atoms with Crippen LogP contribution in [0.2, 0.25) is 0 Å². The summed E-state index contributed by atoms with van der Waals surface area (Å²) in [5.41, 5.74) is 2.58. The van der Waals surface area contributed by atoms with Crippen molar-refractivity contribution in [2.75, 3.05) is 19.8 Å². The first kappa shape index (κ1) is 23.8. The minimum atomic E-state index is -0.741. The van der Waals surface area contributed by atoms with Crippen LogP contribution in [0.5, 0.6) is 0 Å². The van der Waals surface area contributed by atoms with Gasteiger partial charge in [-0.3, -0.25) is 9.29 Å². The zero-order valence-corrected chi connectivity index (χ0v) is 19.5. The standard InChI is InChI=1S/C22H22BrF3N2O.C2H6/c1-12-6-16-15-4-2-3-5-19(15)27-21(16)22(28(12)10-13(9-24)11-29)20-17(25)7-14(23)8-18(20)26;1-2/h2-5,7-8,12-13,22,27,29H,6,9-11H2,1H3;1-2H3. The summed E-state index contributed by atoms with van der Waals surface area (Å²) < 4.78 is 43.7. The van der Waals surface area contributed by atoms with Crippen LogP contribution in [0.1, 0.15) is 43.6 Å². The van der Waals surface area contributed by atoms with E-state index in [1.807, 2.05) is 49.9 Å². The van der Waals surface area contributed by atoms with E-state index in [2.05, 4.69) is 20.9 Å². The van der Waals surface area contributed by atoms with Crippen LogP contribution in [0, 0.1) is 17.6 Å². The first-order chi connectivity index (χ1) is 14.9. The molecule has 3 atom stereocenters. The average Bonchev–Trinajstić information content (AvgIpc) is 3.12. The summed E-state index contributed by atoms with van der Waals surface area (Å²) in [5.74, 6) is -1.94. The number of benzene rings is 2. The third kappa shape index (κ3) is 4.54. The van der Waals surface area contributed by atoms with Crippen molar-refractivity contribution in [3.8, 4) is 0 Å². The fourth-order valence-electron chi connectivity index (χ4n) is 4.37. The van der Waals surface area contributed by atoms with Gasteiger partial charge in [0, 0.05) is 51.7 Å². The molecule has 2 heterocycles. The molecule has 0 saturated heterocycles. The maximum absolute atomic E-state index is 15.0. The van der Waals surface area contributed by atoms with E-state index in [0.717, 1.165) is 22.2 Å². The molecule has 2 aromatic carbocycles. The van der Waals surface area contributed by atoms with Crippen molar-refractivity contribution in [1.29, 1.82) is 0 Å². The highest BCUT2D eigenvalue weighted by Gasteiger charge is 2.39. The number of halogens is 4. The summed E-state index contributed by atoms with van der Waals surface area (Å²) >= 11 is 3.14. The lowest BCUT2D eigenvalue weighted by Gasteiger charge is -2.42. The van der Waals surface area contributed by atoms with Gasteiger partial charge in [0.05, 0.1) is 12.7 Å². The van der Waals surface area contributed by atoms with E-state index in [0.29, 0.717) is 10.9 Å². The van der Waals surface area contributed by atoms with Crippen molar-refractivity contribution in [3.05, 3.63) is 69.3 Å². The number of alkyl halides is 1. The number of nitrogens with zero attached hydrogens (tertiary/aromatic N) is 1. The first-order valence-electron chi connectivity index (χ1n) is 10.6. The third-order valence-corrected chi connectivity index (χ3v) is 6.24. The van der Waals surface area contributed by atoms with Crippen LogP contribution in [-0.4, -0.2) is 40.9 Å². The molecule has 3 nitrogen and oxygen atoms in total. The molecule has 0 bridgehead atoms. The molecule has 1 aromatic heterocycles. The van der Waals surface area contributed by atoms with E-state index in [9.17, 15) is 9.50 Å². The number of nitrogens with one attached hydrogen (secondary N) is 1. The molecule has 3 unspecified atom stereocenters. The Bertz CT molecular complexity index is 1010. The minimum absolute atomic E-state index is 0.0666. The Morgan fingerprint density at radius 3 is 2.45 bits per heavy atom. The molecule has 7 heteroatoms. The van der Waals surface area contributed by atoms with Crippen molar-refractivity contribution < 1.29 is 18.3 Å². The summed E-state index contributed by atoms with van der Waals surface area (Å²) in [4.78, 5) is 5.25. The predicted octanol–water partition coefficient (Wildman–Crippen LogP) is 6.15. The fourth-order valence-corrected chi connectivity index (χ4v) is 4.77. The molecular weight excluding hydrogens is 469 g/mol. The Morgan fingerprint density at radius 2 is 1.84 bits per heavy atom. The van der Waals surface area contributed by atoms with Crippen molar-refractivity contribution in [1.82, 2.24) is 9.88 Å². The minimum Gasteiger partial charge on any atom is -0.396 e. The van der Waals surface area contributed by atoms with E-state index in [1.165, 1.54) is 12.1 Å². The predicted molar refractivity (Wildman–Crippen MR) is 122 cm³/mol. The van der Waals surface area contributed by atoms with E-state index in [4.69, 9.17) is 0 Å². The van der Waals surface area contributed by atoms with E-state index in [-0.39, 0.29) is 24.8 Å². The molecule has 0 aliphatic carbocycles. The topological polar surface area (TPSA) is 39.3 Å². The number of para-hydroxylation sites is 1. The van der Waals surface area contributed by atoms with E-state index in [1.54, 1.807) is 0 Å². The Morgan fingerprint density at radius 1 is 1.19 bits per heavy atom. The Balaban J connectivity index is 0.00000132. The number of aromatic nitrogens is 1. The average molecular weight is 497 g/mol. The summed E-state index contributed by atoms with van der Waals surface area (Å²) in [7, 11) is 0. The zero-order valence-electron chi connectivity index (χ0n) is 17.9. The Hall–Kier alpha value is -1.83. The molecule has 0 amide bonds. The number of aliphatic hydroxyl groups is 1. The number of hydrogen-bond donors (Lipinski definition) is 2. The summed E-state index contributed by atoms with van der Waals surface area (Å²) in [6.45, 7) is 5.15. The van der Waals surface area contributed by atoms with Gasteiger partial charge < -0.3 is 10.1 Å². The summed E-state index contributed by atoms with van der Waals surface area (Å²) in [5, 5.41) is 10.6. The van der Waals surface area contributed by atoms with Gasteiger partial charge in [-0.1, -0.05) is 48.0 Å². The van der Waals surface area contributed by atoms with Gasteiger partial charge in [-0.05, 0) is 37.1 Å². The van der Waals surface area contributed by atoms with Crippen LogP contribution in [0.3, 0.4) is 0 Å². The van der Waals surface area contributed by atoms with Crippen molar-refractivity contribution in [2.45, 2.75) is 39.3 Å². The van der Waals surface area contributed by atoms with Crippen LogP contribution in [0.4, 0.5) is 13.2 Å². The van der Waals surface area contributed by atoms with Gasteiger partial charge in [-0.15, -0.1) is 0 Å². The molecule has 1 aliphatic rings. The van der Waals surface area contributed by atoms with Crippen LogP contribution in [0.25, 0.3) is 10.9 Å². The molecule has 1 aliphatic heterocycles. The van der Waals surface area contributed by atoms with Crippen LogP contribution < -0.4 is 0 Å². The summed E-state index contributed by atoms with van der Waals surface area (Å²) in [6, 6.07) is 9.45. The number of aliphatic hydroxyl groups excluding tert-OH is 1. The second-order valence-corrected chi connectivity index (χ2v) is 8.62. The van der Waals surface area contributed by atoms with Gasteiger partial charge in [0.25, 0.3) is 0 Å². The lowest BCUT2D eigenvalue weighted by atomic mass is 9.87. The van der Waals surface area contributed by atoms with Gasteiger partial charge in [-0.2, -0.15) is 0 Å². The van der Waals surface area contributed by atoms with Crippen molar-refractivity contribution in [3.63, 3.8) is 0 Å². The van der Waals surface area contributed by atoms with E-state index >= 15 is 8.78 Å². The van der Waals surface area contributed by atoms with E-state index < -0.39 is 30.3 Å². The number of fused-ring (bicyclic) bond motifs is 3. The lowest BCUT2D eigenvalue weighted by Crippen LogP contribution is -2.46. The van der Waals surface area contributed by atoms with Gasteiger partial charge in [0.1, 0.15) is 11.6 Å². The number of hydrogen-bond acceptors (Lipinski definition) is 2. The molecule has 0 spiro atoms. The van der Waals surface area contributed by atoms with Gasteiger partial charge in [0.2, 0.25) is 0 Å². The maximum Gasteiger partial charge on any atom is 0.132 e. The highest BCUT2D eigenvalue weighted by atomic mass is 79.9. The quantitative estimate of drug-likeness (QED) is 0.444. The molecular formula is C24H28BrF3N2O. The lowest BCUT2D eigenvalue weighted by molar-refractivity contribution is 0.0844. The fraction of sp³-hybridized carbons (Fsp3) is 0.417. The SMILES string of the molecule is CC.CC1Cc2c([nH]c3ccccc23)C(c2c(F)cc(Br)cc2F)N1CC(CO)CF. The molecule has 168 valence electrons. The molecule has 0 fully saturated rings. The zero-order chi connectivity index (χ0) is 22.7. The van der Waals surface area contributed by atoms with Crippen LogP contribution >= 0.6 is 15.9 Å². The van der Waals surface area contributed by atoms with Crippen LogP contribution in [0.15, 0.2) is 40.9 Å². The number of rotatable bonds is 5. The first-order valence-corrected chi connectivity index (χ1v) is 11.4. The molecule has 0 saturated carbocycles. The Labute approximate surface area is 189 Å². The molecule has 0 radical (unpaired) electrons. The molecule has 3 aromatic rings. The summed E-state index contributed by atoms with van der Waals surface area (Å²) in [6.07, 6.45) is 0.667. The van der Waals surface area contributed by atoms with Crippen molar-refractivity contribution >= 4 is 26.8 Å². The molecule has 4 rings (SSSR count). The van der Waals surface area contributed by atoms with Gasteiger partial charge in [-0.25, -0.2) is 8.78 Å². The highest BCUT2D eigenvalue weighted by molar-refractivity contribution is 9.10. The second kappa shape index (κ2) is 10.2. The van der Waals surface area contributed by atoms with Crippen molar-refractivity contribution in [2.24, 2.45) is 5.92 Å². The normalized spacial score (nSPS) is 19.6. The highest BCUT2D eigenvalue weighted by Crippen LogP contribution is 2.43. The van der Waals surface area contributed by atoms with Crippen LogP contribution in [-0.2, 0) is 6.42 Å². The number of aromatic amines is 1. The third-order valence-electron chi connectivity index (χ3n) is 5.78. The smallest absolute Gasteiger partial charge is 0.132 e. The monoisotopic (exact) mass is 496 g/mol. The van der Waals surface area contributed by atoms with Gasteiger partial charge in [0.15, 0.2) is 0 Å². The largest absolute Gasteiger partial charge is 0.396 e. The molecule has 2 N–H and O–H groups in total. The molecule has 31 heavy (non-hydrogen) atoms. The second-order valence-electron chi connectivity index (χ2n) is 7.70. The Kier molecular flexibility index (Phi) is 7.83. The van der Waals surface area contributed by atoms with Gasteiger partial charge >= 0.3 is 0 Å². The number of H-pyrrole nitrogens is 1.